The molecule has 2 heterocycles. The SMILES string of the molecule is Cc1ccn(CCc2ccccc2)c(=O)c1C(=O)N(CCO)Cc1nccs1. The third kappa shape index (κ3) is 4.74. The predicted molar refractivity (Wildman–Crippen MR) is 110 cm³/mol. The number of amides is 1. The highest BCUT2D eigenvalue weighted by atomic mass is 32.1. The van der Waals surface area contributed by atoms with Crippen molar-refractivity contribution in [2.75, 3.05) is 13.2 Å². The Hall–Kier alpha value is -2.77. The Bertz CT molecular complexity index is 968. The first-order valence-electron chi connectivity index (χ1n) is 9.12. The van der Waals surface area contributed by atoms with Gasteiger partial charge in [-0.1, -0.05) is 30.3 Å². The standard InChI is InChI=1S/C21H23N3O3S/c1-16-7-10-23(11-8-17-5-3-2-4-6-17)20(26)19(16)21(27)24(12-13-25)15-18-22-9-14-28-18/h2-7,9-10,14,25H,8,11-13,15H2,1H3. The third-order valence-electron chi connectivity index (χ3n) is 4.54. The molecule has 0 spiro atoms. The van der Waals surface area contributed by atoms with Crippen molar-refractivity contribution in [3.05, 3.63) is 86.2 Å². The first-order valence-corrected chi connectivity index (χ1v) is 10.0. The van der Waals surface area contributed by atoms with Crippen LogP contribution in [0.4, 0.5) is 0 Å². The lowest BCUT2D eigenvalue weighted by atomic mass is 10.1. The Kier molecular flexibility index (Phi) is 6.73. The molecule has 0 unspecified atom stereocenters. The Morgan fingerprint density at radius 2 is 2.04 bits per heavy atom. The summed E-state index contributed by atoms with van der Waals surface area (Å²) < 4.78 is 1.58. The fourth-order valence-electron chi connectivity index (χ4n) is 3.02. The predicted octanol–water partition coefficient (Wildman–Crippen LogP) is 2.49. The molecule has 1 amide bonds. The van der Waals surface area contributed by atoms with E-state index >= 15 is 0 Å². The second-order valence-corrected chi connectivity index (χ2v) is 7.46. The van der Waals surface area contributed by atoms with E-state index in [0.29, 0.717) is 18.5 Å². The van der Waals surface area contributed by atoms with Gasteiger partial charge in [-0.2, -0.15) is 0 Å². The van der Waals surface area contributed by atoms with Crippen LogP contribution in [0, 0.1) is 6.92 Å². The first kappa shape index (κ1) is 20.0. The number of carbonyl (C=O) groups excluding carboxylic acids is 1. The van der Waals surface area contributed by atoms with Crippen LogP contribution in [0.25, 0.3) is 0 Å². The first-order chi connectivity index (χ1) is 13.6. The lowest BCUT2D eigenvalue weighted by Gasteiger charge is -2.21. The van der Waals surface area contributed by atoms with Crippen LogP contribution in [0.1, 0.15) is 26.5 Å². The number of hydrogen-bond acceptors (Lipinski definition) is 5. The number of aromatic nitrogens is 2. The molecular weight excluding hydrogens is 374 g/mol. The fraction of sp³-hybridized carbons (Fsp3) is 0.286. The van der Waals surface area contributed by atoms with Gasteiger partial charge in [-0.25, -0.2) is 4.98 Å². The lowest BCUT2D eigenvalue weighted by molar-refractivity contribution is 0.0704. The minimum absolute atomic E-state index is 0.149. The number of aliphatic hydroxyl groups is 1. The molecule has 146 valence electrons. The summed E-state index contributed by atoms with van der Waals surface area (Å²) in [5.41, 5.74) is 1.62. The van der Waals surface area contributed by atoms with E-state index in [1.807, 2.05) is 35.7 Å². The molecule has 1 N–H and O–H groups in total. The summed E-state index contributed by atoms with van der Waals surface area (Å²) in [7, 11) is 0. The summed E-state index contributed by atoms with van der Waals surface area (Å²) in [6.07, 6.45) is 4.11. The highest BCUT2D eigenvalue weighted by Gasteiger charge is 2.22. The molecule has 3 rings (SSSR count). The molecule has 2 aromatic heterocycles. The topological polar surface area (TPSA) is 75.4 Å². The highest BCUT2D eigenvalue weighted by molar-refractivity contribution is 7.09. The zero-order valence-corrected chi connectivity index (χ0v) is 16.6. The number of nitrogens with zero attached hydrogens (tertiary/aromatic N) is 3. The van der Waals surface area contributed by atoms with Crippen molar-refractivity contribution in [2.24, 2.45) is 0 Å². The summed E-state index contributed by atoms with van der Waals surface area (Å²) >= 11 is 1.44. The highest BCUT2D eigenvalue weighted by Crippen LogP contribution is 2.13. The van der Waals surface area contributed by atoms with Gasteiger partial charge in [0.05, 0.1) is 13.2 Å². The van der Waals surface area contributed by atoms with E-state index < -0.39 is 0 Å². The lowest BCUT2D eigenvalue weighted by Crippen LogP contribution is -2.38. The van der Waals surface area contributed by atoms with Gasteiger partial charge in [-0.05, 0) is 30.5 Å². The molecule has 0 bridgehead atoms. The molecule has 0 radical (unpaired) electrons. The van der Waals surface area contributed by atoms with Crippen molar-refractivity contribution in [3.63, 3.8) is 0 Å². The molecule has 28 heavy (non-hydrogen) atoms. The summed E-state index contributed by atoms with van der Waals surface area (Å²) in [5, 5.41) is 12.0. The van der Waals surface area contributed by atoms with E-state index in [1.165, 1.54) is 16.2 Å². The zero-order chi connectivity index (χ0) is 19.9. The molecule has 3 aromatic rings. The van der Waals surface area contributed by atoms with Gasteiger partial charge in [0.1, 0.15) is 10.6 Å². The van der Waals surface area contributed by atoms with Crippen molar-refractivity contribution in [2.45, 2.75) is 26.4 Å². The second-order valence-electron chi connectivity index (χ2n) is 6.48. The molecule has 6 nitrogen and oxygen atoms in total. The normalized spacial score (nSPS) is 10.8. The van der Waals surface area contributed by atoms with Crippen molar-refractivity contribution in [3.8, 4) is 0 Å². The van der Waals surface area contributed by atoms with Crippen LogP contribution < -0.4 is 5.56 Å². The Balaban J connectivity index is 1.84. The van der Waals surface area contributed by atoms with E-state index in [0.717, 1.165) is 10.6 Å². The maximum Gasteiger partial charge on any atom is 0.263 e. The molecule has 7 heteroatoms. The molecule has 0 saturated heterocycles. The summed E-state index contributed by atoms with van der Waals surface area (Å²) in [6, 6.07) is 11.7. The number of pyridine rings is 1. The van der Waals surface area contributed by atoms with Crippen molar-refractivity contribution in [1.29, 1.82) is 0 Å². The van der Waals surface area contributed by atoms with E-state index in [4.69, 9.17) is 0 Å². The molecule has 0 fully saturated rings. The quantitative estimate of drug-likeness (QED) is 0.634. The maximum absolute atomic E-state index is 13.1. The number of carbonyl (C=O) groups is 1. The molecule has 0 aliphatic carbocycles. The second kappa shape index (κ2) is 9.43. The third-order valence-corrected chi connectivity index (χ3v) is 5.30. The van der Waals surface area contributed by atoms with Crippen LogP contribution >= 0.6 is 11.3 Å². The van der Waals surface area contributed by atoms with Crippen LogP contribution in [-0.4, -0.2) is 38.6 Å². The van der Waals surface area contributed by atoms with Crippen LogP contribution in [0.3, 0.4) is 0 Å². The monoisotopic (exact) mass is 397 g/mol. The summed E-state index contributed by atoms with van der Waals surface area (Å²) in [6.45, 7) is 2.50. The molecule has 0 aliphatic rings. The van der Waals surface area contributed by atoms with E-state index in [2.05, 4.69) is 4.98 Å². The van der Waals surface area contributed by atoms with Gasteiger partial charge in [-0.3, -0.25) is 9.59 Å². The van der Waals surface area contributed by atoms with Crippen molar-refractivity contribution < 1.29 is 9.90 Å². The van der Waals surface area contributed by atoms with Gasteiger partial charge in [0.25, 0.3) is 11.5 Å². The van der Waals surface area contributed by atoms with Gasteiger partial charge in [-0.15, -0.1) is 11.3 Å². The summed E-state index contributed by atoms with van der Waals surface area (Å²) in [5.74, 6) is -0.374. The average Bonchev–Trinajstić information content (AvgIpc) is 3.21. The largest absolute Gasteiger partial charge is 0.395 e. The molecule has 0 saturated carbocycles. The number of aliphatic hydroxyl groups excluding tert-OH is 1. The van der Waals surface area contributed by atoms with E-state index in [-0.39, 0.29) is 36.7 Å². The molecule has 0 aliphatic heterocycles. The maximum atomic E-state index is 13.1. The smallest absolute Gasteiger partial charge is 0.263 e. The van der Waals surface area contributed by atoms with Crippen molar-refractivity contribution in [1.82, 2.24) is 14.5 Å². The Morgan fingerprint density at radius 3 is 2.71 bits per heavy atom. The molecule has 0 atom stereocenters. The van der Waals surface area contributed by atoms with Crippen LogP contribution in [-0.2, 0) is 19.5 Å². The molecule has 1 aromatic carbocycles. The molecular formula is C21H23N3O3S. The number of benzene rings is 1. The van der Waals surface area contributed by atoms with E-state index in [1.54, 1.807) is 30.0 Å². The number of hydrogen-bond donors (Lipinski definition) is 1. The van der Waals surface area contributed by atoms with Crippen molar-refractivity contribution >= 4 is 17.2 Å². The van der Waals surface area contributed by atoms with Gasteiger partial charge in [0, 0.05) is 30.9 Å². The van der Waals surface area contributed by atoms with Gasteiger partial charge >= 0.3 is 0 Å². The minimum Gasteiger partial charge on any atom is -0.395 e. The van der Waals surface area contributed by atoms with Gasteiger partial charge in [0.15, 0.2) is 0 Å². The Labute approximate surface area is 167 Å². The van der Waals surface area contributed by atoms with Gasteiger partial charge in [0.2, 0.25) is 0 Å². The fourth-order valence-corrected chi connectivity index (χ4v) is 3.65. The Morgan fingerprint density at radius 1 is 1.25 bits per heavy atom. The zero-order valence-electron chi connectivity index (χ0n) is 15.7. The van der Waals surface area contributed by atoms with Crippen LogP contribution in [0.2, 0.25) is 0 Å². The van der Waals surface area contributed by atoms with Crippen LogP contribution in [0.5, 0.6) is 0 Å². The number of aryl methyl sites for hydroxylation is 3. The van der Waals surface area contributed by atoms with Gasteiger partial charge < -0.3 is 14.6 Å². The minimum atomic E-state index is -0.374. The van der Waals surface area contributed by atoms with Crippen LogP contribution in [0.15, 0.2) is 59.0 Å². The number of thiazole rings is 1. The van der Waals surface area contributed by atoms with E-state index in [9.17, 15) is 14.7 Å². The number of rotatable bonds is 8. The average molecular weight is 398 g/mol. The summed E-state index contributed by atoms with van der Waals surface area (Å²) in [4.78, 5) is 31.8.